The number of methoxy groups -OCH3 is 1. The number of amides is 2. The number of nitrogens with two attached hydrogens (primary N) is 2. The third kappa shape index (κ3) is 9.32. The smallest absolute Gasteiger partial charge is 0.246 e. The summed E-state index contributed by atoms with van der Waals surface area (Å²) >= 11 is 0. The van der Waals surface area contributed by atoms with Crippen LogP contribution in [-0.2, 0) is 14.3 Å². The maximum atomic E-state index is 10.3. The summed E-state index contributed by atoms with van der Waals surface area (Å²) in [5.41, 5.74) is 10.2. The van der Waals surface area contributed by atoms with E-state index in [2.05, 4.69) is 17.9 Å². The van der Waals surface area contributed by atoms with E-state index in [4.69, 9.17) is 16.6 Å². The third-order valence-corrected chi connectivity index (χ3v) is 1.84. The zero-order valence-electron chi connectivity index (χ0n) is 10.7. The van der Waals surface area contributed by atoms with Crippen LogP contribution in [0.4, 0.5) is 0 Å². The zero-order chi connectivity index (χ0) is 14.7. The standard InChI is InChI=1S/C6H11NO2.C6H9NO2/c1-5(6(7)8)3-4-9-2;1-3-5(8)4(2)6(7)9/h3H,4H2,1-2H3,(H2,7,8);3,5,8H,1-2H2,(H2,7,9). The van der Waals surface area contributed by atoms with E-state index in [-0.39, 0.29) is 5.57 Å². The molecule has 0 rings (SSSR count). The van der Waals surface area contributed by atoms with Crippen molar-refractivity contribution in [3.05, 3.63) is 36.5 Å². The fraction of sp³-hybridized carbons (Fsp3) is 0.333. The van der Waals surface area contributed by atoms with E-state index in [0.717, 1.165) is 0 Å². The average Bonchev–Trinajstić information content (AvgIpc) is 2.34. The quantitative estimate of drug-likeness (QED) is 0.444. The Bertz CT molecular complexity index is 348. The van der Waals surface area contributed by atoms with Gasteiger partial charge in [-0.1, -0.05) is 18.7 Å². The molecule has 6 heteroatoms. The number of aliphatic hydroxyl groups is 1. The van der Waals surface area contributed by atoms with Crippen LogP contribution in [0, 0.1) is 0 Å². The first-order chi connectivity index (χ1) is 8.27. The molecule has 18 heavy (non-hydrogen) atoms. The number of hydrogen-bond acceptors (Lipinski definition) is 4. The van der Waals surface area contributed by atoms with Crippen molar-refractivity contribution in [1.82, 2.24) is 0 Å². The fourth-order valence-electron chi connectivity index (χ4n) is 0.597. The molecule has 0 aromatic carbocycles. The van der Waals surface area contributed by atoms with Gasteiger partial charge in [-0.05, 0) is 6.92 Å². The van der Waals surface area contributed by atoms with Crippen molar-refractivity contribution in [3.63, 3.8) is 0 Å². The molecule has 0 aromatic rings. The molecule has 0 spiro atoms. The summed E-state index contributed by atoms with van der Waals surface area (Å²) in [6, 6.07) is 0. The van der Waals surface area contributed by atoms with Crippen LogP contribution in [0.3, 0.4) is 0 Å². The molecule has 0 aliphatic rings. The first-order valence-electron chi connectivity index (χ1n) is 5.02. The Hall–Kier alpha value is -1.92. The molecule has 0 saturated heterocycles. The lowest BCUT2D eigenvalue weighted by molar-refractivity contribution is -0.115. The number of ether oxygens (including phenoxy) is 1. The van der Waals surface area contributed by atoms with E-state index < -0.39 is 17.9 Å². The first-order valence-corrected chi connectivity index (χ1v) is 5.02. The molecule has 0 aliphatic heterocycles. The highest BCUT2D eigenvalue weighted by atomic mass is 16.5. The van der Waals surface area contributed by atoms with Gasteiger partial charge in [-0.3, -0.25) is 9.59 Å². The summed E-state index contributed by atoms with van der Waals surface area (Å²) in [4.78, 5) is 20.5. The Morgan fingerprint density at radius 3 is 2.11 bits per heavy atom. The van der Waals surface area contributed by atoms with Gasteiger partial charge in [0.05, 0.1) is 6.61 Å². The highest BCUT2D eigenvalue weighted by Crippen LogP contribution is 1.97. The van der Waals surface area contributed by atoms with Crippen LogP contribution < -0.4 is 11.5 Å². The highest BCUT2D eigenvalue weighted by Gasteiger charge is 2.08. The summed E-state index contributed by atoms with van der Waals surface area (Å²) in [5.74, 6) is -1.10. The third-order valence-electron chi connectivity index (χ3n) is 1.84. The van der Waals surface area contributed by atoms with Crippen LogP contribution >= 0.6 is 0 Å². The van der Waals surface area contributed by atoms with Crippen LogP contribution in [0.5, 0.6) is 0 Å². The van der Waals surface area contributed by atoms with E-state index in [0.29, 0.717) is 12.2 Å². The van der Waals surface area contributed by atoms with E-state index in [1.54, 1.807) is 20.1 Å². The number of aliphatic hydroxyl groups excluding tert-OH is 1. The van der Waals surface area contributed by atoms with Crippen LogP contribution in [0.15, 0.2) is 36.5 Å². The SMILES string of the molecule is C=CC(O)C(=C)C(N)=O.COCC=C(C)C(N)=O. The topological polar surface area (TPSA) is 116 Å². The van der Waals surface area contributed by atoms with Crippen molar-refractivity contribution in [3.8, 4) is 0 Å². The lowest BCUT2D eigenvalue weighted by Crippen LogP contribution is -2.21. The van der Waals surface area contributed by atoms with E-state index >= 15 is 0 Å². The van der Waals surface area contributed by atoms with Gasteiger partial charge < -0.3 is 21.3 Å². The van der Waals surface area contributed by atoms with Gasteiger partial charge in [-0.25, -0.2) is 0 Å². The molecule has 6 nitrogen and oxygen atoms in total. The summed E-state index contributed by atoms with van der Waals surface area (Å²) in [7, 11) is 1.56. The van der Waals surface area contributed by atoms with Crippen molar-refractivity contribution < 1.29 is 19.4 Å². The van der Waals surface area contributed by atoms with Gasteiger partial charge in [0.1, 0.15) is 6.10 Å². The Morgan fingerprint density at radius 2 is 1.89 bits per heavy atom. The molecule has 2 amide bonds. The Labute approximate surface area is 107 Å². The van der Waals surface area contributed by atoms with Gasteiger partial charge in [0, 0.05) is 18.3 Å². The summed E-state index contributed by atoms with van der Waals surface area (Å²) in [6.07, 6.45) is 1.82. The minimum Gasteiger partial charge on any atom is -0.384 e. The normalized spacial score (nSPS) is 11.8. The number of carbonyl (C=O) groups excluding carboxylic acids is 2. The molecule has 0 bridgehead atoms. The molecule has 0 aromatic heterocycles. The lowest BCUT2D eigenvalue weighted by atomic mass is 10.1. The van der Waals surface area contributed by atoms with Gasteiger partial charge >= 0.3 is 0 Å². The largest absolute Gasteiger partial charge is 0.384 e. The zero-order valence-corrected chi connectivity index (χ0v) is 10.7. The molecular weight excluding hydrogens is 236 g/mol. The Balaban J connectivity index is 0. The molecule has 1 unspecified atom stereocenters. The summed E-state index contributed by atoms with van der Waals surface area (Å²) < 4.78 is 4.68. The van der Waals surface area contributed by atoms with Crippen LogP contribution in [0.1, 0.15) is 6.92 Å². The molecule has 5 N–H and O–H groups in total. The number of rotatable bonds is 6. The molecule has 0 radical (unpaired) electrons. The highest BCUT2D eigenvalue weighted by molar-refractivity contribution is 5.92. The van der Waals surface area contributed by atoms with Crippen LogP contribution in [0.2, 0.25) is 0 Å². The maximum absolute atomic E-state index is 10.3. The van der Waals surface area contributed by atoms with Gasteiger partial charge in [-0.2, -0.15) is 0 Å². The minimum absolute atomic E-state index is 0.0370. The fourth-order valence-corrected chi connectivity index (χ4v) is 0.597. The van der Waals surface area contributed by atoms with E-state index in [1.165, 1.54) is 6.08 Å². The Kier molecular flexibility index (Phi) is 10.5. The average molecular weight is 256 g/mol. The monoisotopic (exact) mass is 256 g/mol. The van der Waals surface area contributed by atoms with Crippen molar-refractivity contribution in [2.75, 3.05) is 13.7 Å². The van der Waals surface area contributed by atoms with Gasteiger partial charge in [0.2, 0.25) is 11.8 Å². The van der Waals surface area contributed by atoms with Crippen molar-refractivity contribution in [1.29, 1.82) is 0 Å². The van der Waals surface area contributed by atoms with E-state index in [1.807, 2.05) is 0 Å². The molecule has 0 heterocycles. The van der Waals surface area contributed by atoms with Crippen molar-refractivity contribution >= 4 is 11.8 Å². The molecule has 1 atom stereocenters. The number of hydrogen-bond donors (Lipinski definition) is 3. The number of primary amides is 2. The molecule has 0 aliphatic carbocycles. The lowest BCUT2D eigenvalue weighted by Gasteiger charge is -2.02. The second-order valence-electron chi connectivity index (χ2n) is 3.28. The predicted molar refractivity (Wildman–Crippen MR) is 69.4 cm³/mol. The van der Waals surface area contributed by atoms with Crippen LogP contribution in [-0.4, -0.2) is 36.7 Å². The van der Waals surface area contributed by atoms with Crippen molar-refractivity contribution in [2.24, 2.45) is 11.5 Å². The van der Waals surface area contributed by atoms with Crippen molar-refractivity contribution in [2.45, 2.75) is 13.0 Å². The van der Waals surface area contributed by atoms with E-state index in [9.17, 15) is 9.59 Å². The Morgan fingerprint density at radius 1 is 1.39 bits per heavy atom. The van der Waals surface area contributed by atoms with Gasteiger partial charge in [0.15, 0.2) is 0 Å². The van der Waals surface area contributed by atoms with Gasteiger partial charge in [-0.15, -0.1) is 6.58 Å². The minimum atomic E-state index is -1.01. The molecule has 0 saturated carbocycles. The first kappa shape index (κ1) is 18.4. The molecular formula is C12H20N2O4. The molecule has 0 fully saturated rings. The second kappa shape index (κ2) is 10.2. The summed E-state index contributed by atoms with van der Waals surface area (Å²) in [6.45, 7) is 8.57. The predicted octanol–water partition coefficient (Wildman–Crippen LogP) is -0.361. The number of carbonyl (C=O) groups is 2. The summed E-state index contributed by atoms with van der Waals surface area (Å²) in [5, 5.41) is 8.78. The van der Waals surface area contributed by atoms with Gasteiger partial charge in [0.25, 0.3) is 0 Å². The maximum Gasteiger partial charge on any atom is 0.246 e. The van der Waals surface area contributed by atoms with Crippen LogP contribution in [0.25, 0.3) is 0 Å². The molecule has 102 valence electrons. The second-order valence-corrected chi connectivity index (χ2v) is 3.28.